The molecule has 0 aliphatic rings. The summed E-state index contributed by atoms with van der Waals surface area (Å²) in [6, 6.07) is 0. The molecule has 5 heavy (non-hydrogen) atoms. The summed E-state index contributed by atoms with van der Waals surface area (Å²) in [6.45, 7) is 2.11. The predicted molar refractivity (Wildman–Crippen MR) is 38.0 cm³/mol. The lowest BCUT2D eigenvalue weighted by Crippen LogP contribution is -1.33. The molecule has 0 bridgehead atoms. The van der Waals surface area contributed by atoms with Gasteiger partial charge in [0.15, 0.2) is 0 Å². The van der Waals surface area contributed by atoms with E-state index in [1.54, 1.807) is 0 Å². The summed E-state index contributed by atoms with van der Waals surface area (Å²) in [4.78, 5) is 0. The van der Waals surface area contributed by atoms with Gasteiger partial charge in [0.25, 0.3) is 0 Å². The van der Waals surface area contributed by atoms with E-state index in [0.717, 1.165) is 0 Å². The van der Waals surface area contributed by atoms with Crippen LogP contribution in [-0.4, -0.2) is 4.43 Å². The molecular formula is C4H13I. The van der Waals surface area contributed by atoms with E-state index in [-0.39, 0.29) is 14.9 Å². The molecule has 0 aliphatic carbocycles. The standard InChI is InChI=1S/C2H5I.2CH4/c1-2-3;;/h2H2,1H3;2*1H4. The first-order chi connectivity index (χ1) is 1.41. The molecule has 0 spiro atoms. The van der Waals surface area contributed by atoms with Crippen molar-refractivity contribution in [1.82, 2.24) is 0 Å². The van der Waals surface area contributed by atoms with Gasteiger partial charge in [0.05, 0.1) is 0 Å². The van der Waals surface area contributed by atoms with Crippen LogP contribution in [0.1, 0.15) is 21.8 Å². The molecule has 0 amide bonds. The molecule has 1 heteroatoms. The topological polar surface area (TPSA) is 0 Å². The van der Waals surface area contributed by atoms with Crippen LogP contribution < -0.4 is 0 Å². The predicted octanol–water partition coefficient (Wildman–Crippen LogP) is 2.71. The van der Waals surface area contributed by atoms with E-state index in [9.17, 15) is 0 Å². The highest BCUT2D eigenvalue weighted by atomic mass is 127. The van der Waals surface area contributed by atoms with E-state index < -0.39 is 0 Å². The van der Waals surface area contributed by atoms with Crippen LogP contribution in [0.15, 0.2) is 0 Å². The number of alkyl halides is 1. The van der Waals surface area contributed by atoms with Crippen molar-refractivity contribution in [3.63, 3.8) is 0 Å². The molecule has 0 N–H and O–H groups in total. The average molecular weight is 188 g/mol. The Kier molecular flexibility index (Phi) is 75.6. The molecule has 0 aromatic carbocycles. The first-order valence-corrected chi connectivity index (χ1v) is 2.50. The van der Waals surface area contributed by atoms with Crippen molar-refractivity contribution in [1.29, 1.82) is 0 Å². The first kappa shape index (κ1) is 17.2. The van der Waals surface area contributed by atoms with Crippen LogP contribution in [0.2, 0.25) is 0 Å². The normalized spacial score (nSPS) is 3.60. The maximum atomic E-state index is 2.29. The fourth-order valence-corrected chi connectivity index (χ4v) is 0. The van der Waals surface area contributed by atoms with Gasteiger partial charge in [0.2, 0.25) is 0 Å². The summed E-state index contributed by atoms with van der Waals surface area (Å²) in [7, 11) is 0. The van der Waals surface area contributed by atoms with Crippen LogP contribution >= 0.6 is 22.6 Å². The average Bonchev–Trinajstić information content (AvgIpc) is 0.918. The Hall–Kier alpha value is 0.730. The summed E-state index contributed by atoms with van der Waals surface area (Å²) in [5.41, 5.74) is 0. The quantitative estimate of drug-likeness (QED) is 0.405. The van der Waals surface area contributed by atoms with Crippen molar-refractivity contribution in [3.8, 4) is 0 Å². The summed E-state index contributed by atoms with van der Waals surface area (Å²) in [5, 5.41) is 0. The Labute approximate surface area is 49.1 Å². The Morgan fingerprint density at radius 1 is 1.40 bits per heavy atom. The van der Waals surface area contributed by atoms with Crippen molar-refractivity contribution in [2.75, 3.05) is 4.43 Å². The van der Waals surface area contributed by atoms with E-state index >= 15 is 0 Å². The smallest absolute Gasteiger partial charge is 0.00332 e. The fourth-order valence-electron chi connectivity index (χ4n) is 0. The lowest BCUT2D eigenvalue weighted by atomic mass is 11.0. The highest BCUT2D eigenvalue weighted by Crippen LogP contribution is 1.69. The largest absolute Gasteiger partial charge is 0.0867 e. The van der Waals surface area contributed by atoms with Crippen molar-refractivity contribution < 1.29 is 0 Å². The third-order valence-electron chi connectivity index (χ3n) is 0. The minimum atomic E-state index is 0. The minimum Gasteiger partial charge on any atom is -0.0867 e. The van der Waals surface area contributed by atoms with Crippen molar-refractivity contribution in [3.05, 3.63) is 0 Å². The third-order valence-corrected chi connectivity index (χ3v) is 0. The van der Waals surface area contributed by atoms with E-state index in [4.69, 9.17) is 0 Å². The molecule has 0 radical (unpaired) electrons. The van der Waals surface area contributed by atoms with Gasteiger partial charge < -0.3 is 0 Å². The van der Waals surface area contributed by atoms with Gasteiger partial charge in [-0.15, -0.1) is 0 Å². The van der Waals surface area contributed by atoms with Crippen LogP contribution in [0, 0.1) is 0 Å². The second-order valence-electron chi connectivity index (χ2n) is 0.267. The zero-order chi connectivity index (χ0) is 2.71. The van der Waals surface area contributed by atoms with Gasteiger partial charge in [0.1, 0.15) is 0 Å². The van der Waals surface area contributed by atoms with Gasteiger partial charge in [-0.25, -0.2) is 0 Å². The number of halogens is 1. The Morgan fingerprint density at radius 3 is 1.40 bits per heavy atom. The molecule has 0 saturated heterocycles. The van der Waals surface area contributed by atoms with Crippen LogP contribution in [0.5, 0.6) is 0 Å². The minimum absolute atomic E-state index is 0. The maximum Gasteiger partial charge on any atom is -0.00332 e. The van der Waals surface area contributed by atoms with Crippen LogP contribution in [0.3, 0.4) is 0 Å². The molecule has 0 aliphatic heterocycles. The number of rotatable bonds is 0. The Balaban J connectivity index is -0.0000000200. The summed E-state index contributed by atoms with van der Waals surface area (Å²) >= 11 is 2.29. The van der Waals surface area contributed by atoms with Crippen molar-refractivity contribution in [2.45, 2.75) is 21.8 Å². The van der Waals surface area contributed by atoms with E-state index in [2.05, 4.69) is 29.5 Å². The van der Waals surface area contributed by atoms with Crippen molar-refractivity contribution in [2.24, 2.45) is 0 Å². The molecule has 0 aromatic rings. The molecule has 0 atom stereocenters. The molecule has 0 nitrogen and oxygen atoms in total. The molecule has 36 valence electrons. The van der Waals surface area contributed by atoms with Gasteiger partial charge in [-0.3, -0.25) is 0 Å². The molecular weight excluding hydrogens is 175 g/mol. The highest BCUT2D eigenvalue weighted by Gasteiger charge is 1.38. The van der Waals surface area contributed by atoms with Crippen LogP contribution in [0.4, 0.5) is 0 Å². The zero-order valence-electron chi connectivity index (χ0n) is 2.09. The summed E-state index contributed by atoms with van der Waals surface area (Å²) in [5.74, 6) is 0. The second kappa shape index (κ2) is 22.0. The van der Waals surface area contributed by atoms with E-state index in [1.165, 1.54) is 4.43 Å². The lowest BCUT2D eigenvalue weighted by molar-refractivity contribution is 1.58. The molecule has 0 heterocycles. The summed E-state index contributed by atoms with van der Waals surface area (Å²) < 4.78 is 1.22. The highest BCUT2D eigenvalue weighted by molar-refractivity contribution is 14.1. The molecule has 0 saturated carbocycles. The third kappa shape index (κ3) is 66.2. The SMILES string of the molecule is C.C.CCI. The van der Waals surface area contributed by atoms with Gasteiger partial charge in [-0.2, -0.15) is 0 Å². The Bertz CT molecular complexity index is 3.61. The zero-order valence-corrected chi connectivity index (χ0v) is 4.24. The van der Waals surface area contributed by atoms with Gasteiger partial charge in [-0.05, 0) is 4.43 Å². The molecule has 0 aromatic heterocycles. The first-order valence-electron chi connectivity index (χ1n) is 0.974. The number of hydrogen-bond acceptors (Lipinski definition) is 0. The Morgan fingerprint density at radius 2 is 1.40 bits per heavy atom. The summed E-state index contributed by atoms with van der Waals surface area (Å²) in [6.07, 6.45) is 0. The van der Waals surface area contributed by atoms with Gasteiger partial charge >= 0.3 is 0 Å². The second-order valence-corrected chi connectivity index (χ2v) is 1.79. The van der Waals surface area contributed by atoms with E-state index in [1.807, 2.05) is 0 Å². The number of hydrogen-bond donors (Lipinski definition) is 0. The molecule has 0 fully saturated rings. The maximum absolute atomic E-state index is 2.29. The fraction of sp³-hybridized carbons (Fsp3) is 1.00. The van der Waals surface area contributed by atoms with Crippen LogP contribution in [0.25, 0.3) is 0 Å². The monoisotopic (exact) mass is 188 g/mol. The van der Waals surface area contributed by atoms with Crippen molar-refractivity contribution >= 4 is 22.6 Å². The molecule has 0 rings (SSSR count). The lowest BCUT2D eigenvalue weighted by Gasteiger charge is -1.45. The van der Waals surface area contributed by atoms with Gasteiger partial charge in [0, 0.05) is 0 Å². The van der Waals surface area contributed by atoms with E-state index in [0.29, 0.717) is 0 Å². The molecule has 0 unspecified atom stereocenters. The van der Waals surface area contributed by atoms with Gasteiger partial charge in [-0.1, -0.05) is 44.4 Å². The van der Waals surface area contributed by atoms with Crippen LogP contribution in [-0.2, 0) is 0 Å².